The van der Waals surface area contributed by atoms with Crippen molar-refractivity contribution in [1.82, 2.24) is 10.4 Å². The van der Waals surface area contributed by atoms with Crippen molar-refractivity contribution in [3.8, 4) is 0 Å². The lowest BCUT2D eigenvalue weighted by Crippen LogP contribution is -2.56. The van der Waals surface area contributed by atoms with E-state index in [1.54, 1.807) is 12.1 Å². The highest BCUT2D eigenvalue weighted by atomic mass is 79.9. The Hall–Kier alpha value is -2.77. The number of hydrogen-bond donors (Lipinski definition) is 1. The zero-order valence-corrected chi connectivity index (χ0v) is 20.7. The Morgan fingerprint density at radius 3 is 1.58 bits per heavy atom. The van der Waals surface area contributed by atoms with Crippen LogP contribution in [0.25, 0.3) is 0 Å². The summed E-state index contributed by atoms with van der Waals surface area (Å²) in [6.45, 7) is 1.82. The van der Waals surface area contributed by atoms with Crippen molar-refractivity contribution in [2.45, 2.75) is 15.6 Å². The first-order valence-corrected chi connectivity index (χ1v) is 12.2. The summed E-state index contributed by atoms with van der Waals surface area (Å²) in [5.74, 6) is -2.76. The molecule has 5 nitrogen and oxygen atoms in total. The van der Waals surface area contributed by atoms with Gasteiger partial charge in [0.25, 0.3) is 17.7 Å². The second kappa shape index (κ2) is 6.87. The van der Waals surface area contributed by atoms with Crippen LogP contribution in [-0.4, -0.2) is 22.7 Å². The van der Waals surface area contributed by atoms with Gasteiger partial charge in [-0.05, 0) is 40.8 Å². The summed E-state index contributed by atoms with van der Waals surface area (Å²) in [5, 5.41) is 0.924. The standard InChI is InChI=1S/C26H18Br2N2O3/c1-14-8-2-3-9-15(14)22(31)29-30-23(32)20-21(24(30)33)26(28)17-11-5-4-10-16(17)25(20,27)18-12-6-7-13-19(18)26/h2-13,20-21H,1H3,(H,29,31). The molecule has 1 N–H and O–H groups in total. The lowest BCUT2D eigenvalue weighted by Gasteiger charge is -2.55. The highest BCUT2D eigenvalue weighted by molar-refractivity contribution is 9.10. The number of rotatable bonds is 2. The fourth-order valence-electron chi connectivity index (χ4n) is 5.77. The molecule has 164 valence electrons. The van der Waals surface area contributed by atoms with E-state index in [-0.39, 0.29) is 0 Å². The van der Waals surface area contributed by atoms with E-state index >= 15 is 0 Å². The van der Waals surface area contributed by atoms with Gasteiger partial charge in [0.1, 0.15) is 0 Å². The number of hydrogen-bond acceptors (Lipinski definition) is 3. The molecular formula is C26H18Br2N2O3. The van der Waals surface area contributed by atoms with Crippen molar-refractivity contribution in [2.24, 2.45) is 11.8 Å². The normalized spacial score (nSPS) is 28.9. The third kappa shape index (κ3) is 2.44. The third-order valence-electron chi connectivity index (χ3n) is 7.19. The van der Waals surface area contributed by atoms with Crippen LogP contribution in [0.5, 0.6) is 0 Å². The third-order valence-corrected chi connectivity index (χ3v) is 9.88. The van der Waals surface area contributed by atoms with E-state index in [1.165, 1.54) is 0 Å². The number of alkyl halides is 2. The summed E-state index contributed by atoms with van der Waals surface area (Å²) in [6, 6.07) is 22.8. The average molecular weight is 566 g/mol. The first-order chi connectivity index (χ1) is 15.8. The fourth-order valence-corrected chi connectivity index (χ4v) is 8.07. The Balaban J connectivity index is 1.51. The summed E-state index contributed by atoms with van der Waals surface area (Å²) >= 11 is 7.89. The SMILES string of the molecule is Cc1ccccc1C(=O)NN1C(=O)C2C(C1=O)C1(Br)c3ccccc3C2(Br)c2ccccc21. The van der Waals surface area contributed by atoms with E-state index in [2.05, 4.69) is 37.3 Å². The monoisotopic (exact) mass is 564 g/mol. The molecule has 0 radical (unpaired) electrons. The summed E-state index contributed by atoms with van der Waals surface area (Å²) in [6.07, 6.45) is 0. The maximum absolute atomic E-state index is 13.8. The predicted octanol–water partition coefficient (Wildman–Crippen LogP) is 4.55. The predicted molar refractivity (Wildman–Crippen MR) is 130 cm³/mol. The number of nitrogens with one attached hydrogen (secondary N) is 1. The van der Waals surface area contributed by atoms with Gasteiger partial charge in [-0.3, -0.25) is 19.8 Å². The molecule has 33 heavy (non-hydrogen) atoms. The van der Waals surface area contributed by atoms with Crippen molar-refractivity contribution in [1.29, 1.82) is 0 Å². The van der Waals surface area contributed by atoms with Crippen LogP contribution in [0.4, 0.5) is 0 Å². The van der Waals surface area contributed by atoms with E-state index in [1.807, 2.05) is 67.6 Å². The maximum Gasteiger partial charge on any atom is 0.270 e. The quantitative estimate of drug-likeness (QED) is 0.366. The van der Waals surface area contributed by atoms with Crippen LogP contribution in [0.2, 0.25) is 0 Å². The van der Waals surface area contributed by atoms with Crippen LogP contribution >= 0.6 is 31.9 Å². The van der Waals surface area contributed by atoms with Gasteiger partial charge in [0.05, 0.1) is 20.5 Å². The highest BCUT2D eigenvalue weighted by Crippen LogP contribution is 2.70. The van der Waals surface area contributed by atoms with E-state index in [9.17, 15) is 14.4 Å². The molecule has 0 aromatic heterocycles. The zero-order valence-electron chi connectivity index (χ0n) is 17.5. The van der Waals surface area contributed by atoms with Gasteiger partial charge < -0.3 is 0 Å². The zero-order chi connectivity index (χ0) is 23.1. The van der Waals surface area contributed by atoms with E-state index in [4.69, 9.17) is 0 Å². The molecule has 0 spiro atoms. The minimum Gasteiger partial charge on any atom is -0.272 e. The van der Waals surface area contributed by atoms with Crippen LogP contribution in [0.3, 0.4) is 0 Å². The number of carbonyl (C=O) groups excluding carboxylic acids is 3. The largest absolute Gasteiger partial charge is 0.272 e. The number of imide groups is 1. The van der Waals surface area contributed by atoms with Crippen LogP contribution in [0.1, 0.15) is 38.2 Å². The molecule has 7 rings (SSSR count). The second-order valence-electron chi connectivity index (χ2n) is 8.74. The molecular weight excluding hydrogens is 548 g/mol. The lowest BCUT2D eigenvalue weighted by molar-refractivity contribution is -0.142. The van der Waals surface area contributed by atoms with Crippen LogP contribution in [-0.2, 0) is 18.2 Å². The molecule has 1 fully saturated rings. The molecule has 2 unspecified atom stereocenters. The number of benzene rings is 3. The number of amides is 3. The van der Waals surface area contributed by atoms with Gasteiger partial charge in [0.15, 0.2) is 0 Å². The molecule has 1 saturated heterocycles. The summed E-state index contributed by atoms with van der Waals surface area (Å²) in [5.41, 5.74) is 7.60. The Morgan fingerprint density at radius 2 is 1.15 bits per heavy atom. The van der Waals surface area contributed by atoms with Crippen LogP contribution in [0, 0.1) is 18.8 Å². The molecule has 2 bridgehead atoms. The van der Waals surface area contributed by atoms with Gasteiger partial charge in [0, 0.05) is 5.56 Å². The molecule has 3 aromatic carbocycles. The molecule has 3 aromatic rings. The molecule has 3 aliphatic carbocycles. The van der Waals surface area contributed by atoms with Gasteiger partial charge in [-0.15, -0.1) is 0 Å². The first-order valence-electron chi connectivity index (χ1n) is 10.6. The van der Waals surface area contributed by atoms with E-state index in [0.717, 1.165) is 32.8 Å². The number of halogens is 2. The van der Waals surface area contributed by atoms with Gasteiger partial charge >= 0.3 is 0 Å². The van der Waals surface area contributed by atoms with Crippen molar-refractivity contribution in [3.63, 3.8) is 0 Å². The molecule has 1 aliphatic heterocycles. The molecule has 2 atom stereocenters. The van der Waals surface area contributed by atoms with Crippen molar-refractivity contribution in [3.05, 3.63) is 106 Å². The molecule has 1 heterocycles. The summed E-state index contributed by atoms with van der Waals surface area (Å²) < 4.78 is -1.76. The Morgan fingerprint density at radius 1 is 0.758 bits per heavy atom. The minimum absolute atomic E-state index is 0.420. The smallest absolute Gasteiger partial charge is 0.270 e. The highest BCUT2D eigenvalue weighted by Gasteiger charge is 2.72. The van der Waals surface area contributed by atoms with Gasteiger partial charge in [-0.1, -0.05) is 98.6 Å². The number of nitrogens with zero attached hydrogens (tertiary/aromatic N) is 1. The van der Waals surface area contributed by atoms with E-state index < -0.39 is 38.2 Å². The number of aryl methyl sites for hydroxylation is 1. The van der Waals surface area contributed by atoms with Crippen LogP contribution in [0.15, 0.2) is 72.8 Å². The molecule has 3 amide bonds. The second-order valence-corrected chi connectivity index (χ2v) is 11.2. The lowest BCUT2D eigenvalue weighted by atomic mass is 9.54. The Kier molecular flexibility index (Phi) is 4.33. The minimum atomic E-state index is -0.880. The Bertz CT molecular complexity index is 1260. The van der Waals surface area contributed by atoms with Crippen molar-refractivity contribution in [2.75, 3.05) is 0 Å². The van der Waals surface area contributed by atoms with Crippen molar-refractivity contribution >= 4 is 49.6 Å². The Labute approximate surface area is 207 Å². The summed E-state index contributed by atoms with van der Waals surface area (Å²) in [4.78, 5) is 40.6. The van der Waals surface area contributed by atoms with Gasteiger partial charge in [0.2, 0.25) is 0 Å². The van der Waals surface area contributed by atoms with Gasteiger partial charge in [-0.25, -0.2) is 0 Å². The number of carbonyl (C=O) groups is 3. The average Bonchev–Trinajstić information content (AvgIpc) is 3.08. The summed E-state index contributed by atoms with van der Waals surface area (Å²) in [7, 11) is 0. The van der Waals surface area contributed by atoms with Crippen LogP contribution < -0.4 is 5.43 Å². The maximum atomic E-state index is 13.8. The first kappa shape index (κ1) is 20.8. The molecule has 4 aliphatic rings. The topological polar surface area (TPSA) is 66.5 Å². The molecule has 0 saturated carbocycles. The van der Waals surface area contributed by atoms with E-state index in [0.29, 0.717) is 5.56 Å². The van der Waals surface area contributed by atoms with Gasteiger partial charge in [-0.2, -0.15) is 5.01 Å². The fraction of sp³-hybridized carbons (Fsp3) is 0.192. The van der Waals surface area contributed by atoms with Crippen molar-refractivity contribution < 1.29 is 14.4 Å². The molecule has 7 heteroatoms. The number of hydrazine groups is 1.